The minimum absolute atomic E-state index is 0.716. The first-order valence-electron chi connectivity index (χ1n) is 8.57. The molecular formula is C16H31N3O. The minimum atomic E-state index is 0.716. The van der Waals surface area contributed by atoms with Crippen molar-refractivity contribution in [3.63, 3.8) is 0 Å². The number of rotatable bonds is 6. The van der Waals surface area contributed by atoms with Crippen LogP contribution in [0.1, 0.15) is 38.5 Å². The molecule has 0 spiro atoms. The molecule has 3 rings (SSSR count). The van der Waals surface area contributed by atoms with E-state index in [0.717, 1.165) is 25.2 Å². The zero-order valence-electron chi connectivity index (χ0n) is 13.0. The SMILES string of the molecule is COCCN(CC1CCCN1)C1CCN2CCCC2C1. The van der Waals surface area contributed by atoms with Crippen LogP contribution in [-0.2, 0) is 4.74 Å². The Morgan fingerprint density at radius 2 is 2.15 bits per heavy atom. The molecule has 0 aromatic heterocycles. The highest BCUT2D eigenvalue weighted by atomic mass is 16.5. The third-order valence-electron chi connectivity index (χ3n) is 5.51. The fourth-order valence-corrected chi connectivity index (χ4v) is 4.36. The fraction of sp³-hybridized carbons (Fsp3) is 1.00. The van der Waals surface area contributed by atoms with Crippen molar-refractivity contribution < 1.29 is 4.74 Å². The summed E-state index contributed by atoms with van der Waals surface area (Å²) in [4.78, 5) is 5.45. The minimum Gasteiger partial charge on any atom is -0.383 e. The third-order valence-corrected chi connectivity index (χ3v) is 5.51. The maximum Gasteiger partial charge on any atom is 0.0589 e. The summed E-state index contributed by atoms with van der Waals surface area (Å²) < 4.78 is 5.34. The predicted octanol–water partition coefficient (Wildman–Crippen LogP) is 1.31. The molecule has 0 amide bonds. The van der Waals surface area contributed by atoms with E-state index in [1.165, 1.54) is 64.7 Å². The van der Waals surface area contributed by atoms with E-state index in [2.05, 4.69) is 15.1 Å². The van der Waals surface area contributed by atoms with Crippen molar-refractivity contribution >= 4 is 0 Å². The molecule has 0 aromatic carbocycles. The smallest absolute Gasteiger partial charge is 0.0589 e. The number of piperidine rings is 1. The highest BCUT2D eigenvalue weighted by Gasteiger charge is 2.34. The number of hydrogen-bond acceptors (Lipinski definition) is 4. The molecule has 116 valence electrons. The van der Waals surface area contributed by atoms with Gasteiger partial charge in [0.2, 0.25) is 0 Å². The molecule has 3 unspecified atom stereocenters. The number of hydrogen-bond donors (Lipinski definition) is 1. The second kappa shape index (κ2) is 7.21. The topological polar surface area (TPSA) is 27.7 Å². The average Bonchev–Trinajstić information content (AvgIpc) is 3.13. The van der Waals surface area contributed by atoms with Crippen LogP contribution in [0.5, 0.6) is 0 Å². The van der Waals surface area contributed by atoms with Crippen LogP contribution in [-0.4, -0.2) is 74.4 Å². The summed E-state index contributed by atoms with van der Waals surface area (Å²) >= 11 is 0. The summed E-state index contributed by atoms with van der Waals surface area (Å²) in [6, 6.07) is 2.37. The molecule has 4 nitrogen and oxygen atoms in total. The predicted molar refractivity (Wildman–Crippen MR) is 82.1 cm³/mol. The van der Waals surface area contributed by atoms with Gasteiger partial charge in [0.05, 0.1) is 6.61 Å². The van der Waals surface area contributed by atoms with Gasteiger partial charge in [0.1, 0.15) is 0 Å². The van der Waals surface area contributed by atoms with Gasteiger partial charge in [-0.3, -0.25) is 4.90 Å². The van der Waals surface area contributed by atoms with Gasteiger partial charge in [0, 0.05) is 38.3 Å². The molecule has 0 bridgehead atoms. The van der Waals surface area contributed by atoms with Gasteiger partial charge in [-0.05, 0) is 58.2 Å². The highest BCUT2D eigenvalue weighted by molar-refractivity contribution is 4.91. The van der Waals surface area contributed by atoms with E-state index in [4.69, 9.17) is 4.74 Å². The summed E-state index contributed by atoms with van der Waals surface area (Å²) in [7, 11) is 1.82. The van der Waals surface area contributed by atoms with E-state index in [9.17, 15) is 0 Å². The van der Waals surface area contributed by atoms with Gasteiger partial charge in [0.15, 0.2) is 0 Å². The van der Waals surface area contributed by atoms with E-state index in [1.807, 2.05) is 7.11 Å². The van der Waals surface area contributed by atoms with Crippen LogP contribution in [0.4, 0.5) is 0 Å². The first-order chi connectivity index (χ1) is 9.86. The lowest BCUT2D eigenvalue weighted by molar-refractivity contribution is 0.0600. The number of nitrogens with zero attached hydrogens (tertiary/aromatic N) is 2. The Bertz CT molecular complexity index is 293. The zero-order valence-corrected chi connectivity index (χ0v) is 13.0. The Balaban J connectivity index is 1.55. The standard InChI is InChI=1S/C16H31N3O/c1-20-11-10-19(13-14-4-2-7-17-14)16-6-9-18-8-3-5-15(18)12-16/h14-17H,2-13H2,1H3. The maximum atomic E-state index is 5.34. The van der Waals surface area contributed by atoms with Gasteiger partial charge >= 0.3 is 0 Å². The first-order valence-corrected chi connectivity index (χ1v) is 8.57. The molecule has 20 heavy (non-hydrogen) atoms. The van der Waals surface area contributed by atoms with Gasteiger partial charge in [-0.2, -0.15) is 0 Å². The van der Waals surface area contributed by atoms with Crippen LogP contribution in [0.2, 0.25) is 0 Å². The van der Waals surface area contributed by atoms with Gasteiger partial charge in [-0.15, -0.1) is 0 Å². The number of fused-ring (bicyclic) bond motifs is 1. The Hall–Kier alpha value is -0.160. The number of nitrogens with one attached hydrogen (secondary N) is 1. The van der Waals surface area contributed by atoms with Crippen LogP contribution >= 0.6 is 0 Å². The Morgan fingerprint density at radius 3 is 2.95 bits per heavy atom. The average molecular weight is 281 g/mol. The molecule has 1 N–H and O–H groups in total. The molecule has 3 heterocycles. The van der Waals surface area contributed by atoms with E-state index in [1.54, 1.807) is 0 Å². The lowest BCUT2D eigenvalue weighted by atomic mass is 9.95. The van der Waals surface area contributed by atoms with Crippen LogP contribution in [0.15, 0.2) is 0 Å². The van der Waals surface area contributed by atoms with Crippen molar-refractivity contribution in [2.75, 3.05) is 46.4 Å². The summed E-state index contributed by atoms with van der Waals surface area (Å²) in [6.07, 6.45) is 8.29. The molecule has 3 aliphatic rings. The van der Waals surface area contributed by atoms with Gasteiger partial charge in [0.25, 0.3) is 0 Å². The van der Waals surface area contributed by atoms with Crippen molar-refractivity contribution in [3.05, 3.63) is 0 Å². The van der Waals surface area contributed by atoms with Crippen molar-refractivity contribution in [1.82, 2.24) is 15.1 Å². The van der Waals surface area contributed by atoms with Crippen LogP contribution in [0.25, 0.3) is 0 Å². The molecule has 3 saturated heterocycles. The van der Waals surface area contributed by atoms with Crippen molar-refractivity contribution in [3.8, 4) is 0 Å². The Kier molecular flexibility index (Phi) is 5.32. The quantitative estimate of drug-likeness (QED) is 0.794. The van der Waals surface area contributed by atoms with E-state index in [0.29, 0.717) is 6.04 Å². The summed E-state index contributed by atoms with van der Waals surface area (Å²) in [5.74, 6) is 0. The second-order valence-electron chi connectivity index (χ2n) is 6.79. The van der Waals surface area contributed by atoms with Crippen LogP contribution < -0.4 is 5.32 Å². The third kappa shape index (κ3) is 3.53. The monoisotopic (exact) mass is 281 g/mol. The lowest BCUT2D eigenvalue weighted by Crippen LogP contribution is -2.51. The molecule has 3 fully saturated rings. The van der Waals surface area contributed by atoms with Crippen molar-refractivity contribution in [2.45, 2.75) is 56.7 Å². The maximum absolute atomic E-state index is 5.34. The van der Waals surface area contributed by atoms with E-state index >= 15 is 0 Å². The molecule has 3 atom stereocenters. The summed E-state index contributed by atoms with van der Waals surface area (Å²) in [5, 5.41) is 3.66. The summed E-state index contributed by atoms with van der Waals surface area (Å²) in [6.45, 7) is 7.07. The zero-order chi connectivity index (χ0) is 13.8. The van der Waals surface area contributed by atoms with Gasteiger partial charge < -0.3 is 15.0 Å². The molecule has 0 aliphatic carbocycles. The highest BCUT2D eigenvalue weighted by Crippen LogP contribution is 2.29. The van der Waals surface area contributed by atoms with Crippen LogP contribution in [0.3, 0.4) is 0 Å². The summed E-state index contributed by atoms with van der Waals surface area (Å²) in [5.41, 5.74) is 0. The van der Waals surface area contributed by atoms with Gasteiger partial charge in [-0.1, -0.05) is 0 Å². The Labute approximate surface area is 123 Å². The molecule has 0 radical (unpaired) electrons. The van der Waals surface area contributed by atoms with E-state index < -0.39 is 0 Å². The lowest BCUT2D eigenvalue weighted by Gasteiger charge is -2.41. The molecular weight excluding hydrogens is 250 g/mol. The van der Waals surface area contributed by atoms with Gasteiger partial charge in [-0.25, -0.2) is 0 Å². The first kappa shape index (κ1) is 14.8. The van der Waals surface area contributed by atoms with Crippen molar-refractivity contribution in [2.24, 2.45) is 0 Å². The molecule has 4 heteroatoms. The molecule has 0 aromatic rings. The molecule has 0 saturated carbocycles. The normalized spacial score (nSPS) is 34.8. The van der Waals surface area contributed by atoms with E-state index in [-0.39, 0.29) is 0 Å². The Morgan fingerprint density at radius 1 is 1.20 bits per heavy atom. The number of methoxy groups -OCH3 is 1. The number of ether oxygens (including phenoxy) is 1. The largest absolute Gasteiger partial charge is 0.383 e. The second-order valence-corrected chi connectivity index (χ2v) is 6.79. The van der Waals surface area contributed by atoms with Crippen LogP contribution in [0, 0.1) is 0 Å². The van der Waals surface area contributed by atoms with Crippen molar-refractivity contribution in [1.29, 1.82) is 0 Å². The fourth-order valence-electron chi connectivity index (χ4n) is 4.36. The molecule has 3 aliphatic heterocycles.